The van der Waals surface area contributed by atoms with Gasteiger partial charge in [-0.25, -0.2) is 13.2 Å². The number of hydrogen-bond donors (Lipinski definition) is 3. The third-order valence-corrected chi connectivity index (χ3v) is 12.2. The summed E-state index contributed by atoms with van der Waals surface area (Å²) in [6, 6.07) is 5.56. The number of carbonyl (C=O) groups excluding carboxylic acids is 3. The Labute approximate surface area is 258 Å². The summed E-state index contributed by atoms with van der Waals surface area (Å²) < 4.78 is 29.9. The second-order valence-electron chi connectivity index (χ2n) is 11.8. The number of thiophene rings is 1. The molecule has 3 N–H and O–H groups in total. The predicted octanol–water partition coefficient (Wildman–Crippen LogP) is 5.10. The maximum absolute atomic E-state index is 14.0. The van der Waals surface area contributed by atoms with Crippen molar-refractivity contribution in [3.05, 3.63) is 45.8 Å². The van der Waals surface area contributed by atoms with E-state index in [2.05, 4.69) is 27.8 Å². The summed E-state index contributed by atoms with van der Waals surface area (Å²) in [5, 5.41) is 7.99. The summed E-state index contributed by atoms with van der Waals surface area (Å²) in [5.41, 5.74) is 1.45. The molecule has 12 heteroatoms. The Hall–Kier alpha value is -2.80. The summed E-state index contributed by atoms with van der Waals surface area (Å²) >= 11 is 1.34. The molecule has 0 saturated heterocycles. The number of nitrogens with one attached hydrogen (secondary N) is 3. The van der Waals surface area contributed by atoms with Crippen LogP contribution in [0.5, 0.6) is 0 Å². The SMILES string of the molecule is CCN1CCc2c(sc(NC(=O)c3ccc(S(=O)(=O)N(C4CCCCC4)C4CCCCC4)cc3)c2C(=O)NC(=O)NC)C1. The molecule has 234 valence electrons. The van der Waals surface area contributed by atoms with Crippen LogP contribution >= 0.6 is 11.3 Å². The highest BCUT2D eigenvalue weighted by Gasteiger charge is 2.38. The van der Waals surface area contributed by atoms with Gasteiger partial charge < -0.3 is 10.6 Å². The fraction of sp³-hybridized carbons (Fsp3) is 0.581. The fourth-order valence-corrected chi connectivity index (χ4v) is 9.93. The van der Waals surface area contributed by atoms with Gasteiger partial charge in [0.15, 0.2) is 0 Å². The van der Waals surface area contributed by atoms with Crippen LogP contribution in [0.3, 0.4) is 0 Å². The van der Waals surface area contributed by atoms with E-state index in [0.717, 1.165) is 87.7 Å². The molecule has 43 heavy (non-hydrogen) atoms. The topological polar surface area (TPSA) is 128 Å². The number of imide groups is 1. The lowest BCUT2D eigenvalue weighted by molar-refractivity contribution is 0.0964. The van der Waals surface area contributed by atoms with Crippen LogP contribution in [-0.4, -0.2) is 67.7 Å². The first-order valence-electron chi connectivity index (χ1n) is 15.6. The highest BCUT2D eigenvalue weighted by molar-refractivity contribution is 7.89. The molecule has 2 aliphatic carbocycles. The van der Waals surface area contributed by atoms with Crippen molar-refractivity contribution in [2.75, 3.05) is 25.5 Å². The van der Waals surface area contributed by atoms with E-state index < -0.39 is 27.9 Å². The number of anilines is 1. The molecule has 1 aromatic heterocycles. The molecule has 0 spiro atoms. The zero-order valence-corrected chi connectivity index (χ0v) is 26.7. The van der Waals surface area contributed by atoms with E-state index in [4.69, 9.17) is 0 Å². The van der Waals surface area contributed by atoms with Gasteiger partial charge in [-0.2, -0.15) is 4.31 Å². The van der Waals surface area contributed by atoms with Crippen LogP contribution in [-0.2, 0) is 23.0 Å². The van der Waals surface area contributed by atoms with Crippen LogP contribution in [0.2, 0.25) is 0 Å². The highest BCUT2D eigenvalue weighted by atomic mass is 32.2. The van der Waals surface area contributed by atoms with Gasteiger partial charge in [0, 0.05) is 42.7 Å². The zero-order valence-electron chi connectivity index (χ0n) is 25.1. The van der Waals surface area contributed by atoms with Gasteiger partial charge >= 0.3 is 6.03 Å². The second kappa shape index (κ2) is 13.9. The number of rotatable bonds is 8. The molecule has 1 aliphatic heterocycles. The molecule has 0 radical (unpaired) electrons. The minimum atomic E-state index is -3.74. The largest absolute Gasteiger partial charge is 0.341 e. The zero-order chi connectivity index (χ0) is 30.6. The van der Waals surface area contributed by atoms with Crippen molar-refractivity contribution in [1.29, 1.82) is 0 Å². The van der Waals surface area contributed by atoms with Gasteiger partial charge in [0.25, 0.3) is 11.8 Å². The second-order valence-corrected chi connectivity index (χ2v) is 14.7. The number of sulfonamides is 1. The minimum Gasteiger partial charge on any atom is -0.341 e. The first-order chi connectivity index (χ1) is 20.7. The molecule has 1 aromatic carbocycles. The van der Waals surface area contributed by atoms with Gasteiger partial charge in [0.1, 0.15) is 5.00 Å². The van der Waals surface area contributed by atoms with Gasteiger partial charge in [-0.15, -0.1) is 11.3 Å². The third kappa shape index (κ3) is 6.97. The van der Waals surface area contributed by atoms with Crippen molar-refractivity contribution in [2.24, 2.45) is 0 Å². The van der Waals surface area contributed by atoms with Gasteiger partial charge in [-0.1, -0.05) is 45.4 Å². The highest BCUT2D eigenvalue weighted by Crippen LogP contribution is 2.38. The van der Waals surface area contributed by atoms with Crippen LogP contribution in [0.15, 0.2) is 29.2 Å². The Kier molecular flexibility index (Phi) is 10.2. The van der Waals surface area contributed by atoms with E-state index >= 15 is 0 Å². The lowest BCUT2D eigenvalue weighted by Crippen LogP contribution is -2.48. The van der Waals surface area contributed by atoms with Crippen molar-refractivity contribution < 1.29 is 22.8 Å². The number of benzene rings is 1. The molecular weight excluding hydrogens is 587 g/mol. The van der Waals surface area contributed by atoms with Crippen LogP contribution in [0.1, 0.15) is 102 Å². The molecule has 5 rings (SSSR count). The smallest absolute Gasteiger partial charge is 0.321 e. The third-order valence-electron chi connectivity index (χ3n) is 9.05. The maximum atomic E-state index is 14.0. The van der Waals surface area contributed by atoms with Crippen LogP contribution in [0.4, 0.5) is 9.80 Å². The summed E-state index contributed by atoms with van der Waals surface area (Å²) in [6.45, 7) is 4.39. The average Bonchev–Trinajstić information content (AvgIpc) is 3.39. The molecule has 10 nitrogen and oxygen atoms in total. The van der Waals surface area contributed by atoms with Crippen LogP contribution in [0.25, 0.3) is 0 Å². The van der Waals surface area contributed by atoms with Crippen molar-refractivity contribution in [2.45, 2.75) is 101 Å². The van der Waals surface area contributed by atoms with E-state index in [-0.39, 0.29) is 17.0 Å². The molecule has 2 aromatic rings. The summed E-state index contributed by atoms with van der Waals surface area (Å²) in [6.07, 6.45) is 10.7. The van der Waals surface area contributed by atoms with Gasteiger partial charge in [0.2, 0.25) is 10.0 Å². The molecule has 2 fully saturated rings. The van der Waals surface area contributed by atoms with Crippen molar-refractivity contribution in [3.63, 3.8) is 0 Å². The van der Waals surface area contributed by atoms with Crippen molar-refractivity contribution >= 4 is 44.2 Å². The first kappa shape index (κ1) is 31.6. The molecule has 0 bridgehead atoms. The van der Waals surface area contributed by atoms with E-state index in [9.17, 15) is 22.8 Å². The molecule has 2 heterocycles. The number of likely N-dealkylation sites (N-methyl/N-ethyl adjacent to an activating group) is 1. The molecule has 3 aliphatic rings. The average molecular weight is 630 g/mol. The summed E-state index contributed by atoms with van der Waals surface area (Å²) in [5.74, 6) is -1.01. The Bertz CT molecular complexity index is 1410. The minimum absolute atomic E-state index is 0.0256. The Balaban J connectivity index is 1.38. The number of fused-ring (bicyclic) bond motifs is 1. The van der Waals surface area contributed by atoms with E-state index in [1.807, 2.05) is 4.31 Å². The van der Waals surface area contributed by atoms with Crippen LogP contribution < -0.4 is 16.0 Å². The molecule has 4 amide bonds. The molecule has 0 atom stereocenters. The monoisotopic (exact) mass is 629 g/mol. The van der Waals surface area contributed by atoms with E-state index in [1.54, 1.807) is 12.1 Å². The lowest BCUT2D eigenvalue weighted by atomic mass is 9.91. The van der Waals surface area contributed by atoms with E-state index in [1.165, 1.54) is 30.5 Å². The fourth-order valence-electron chi connectivity index (χ4n) is 6.72. The Morgan fingerprint density at radius 1 is 0.930 bits per heavy atom. The standard InChI is InChI=1S/C31H43N5O5S2/c1-3-35-19-18-25-26(20-35)42-30(27(25)29(38)34-31(39)32-2)33-28(37)21-14-16-24(17-15-21)43(40,41)36(22-10-6-4-7-11-22)23-12-8-5-9-13-23/h14-17,22-23H,3-13,18-20H2,1-2H3,(H,33,37)(H2,32,34,38,39). The number of urea groups is 1. The number of hydrogen-bond acceptors (Lipinski definition) is 7. The quantitative estimate of drug-likeness (QED) is 0.373. The van der Waals surface area contributed by atoms with Gasteiger partial charge in [-0.3, -0.25) is 19.8 Å². The summed E-state index contributed by atoms with van der Waals surface area (Å²) in [4.78, 5) is 41.9. The Morgan fingerprint density at radius 2 is 1.53 bits per heavy atom. The lowest BCUT2D eigenvalue weighted by Gasteiger charge is -2.40. The van der Waals surface area contributed by atoms with Crippen molar-refractivity contribution in [3.8, 4) is 0 Å². The molecule has 2 saturated carbocycles. The van der Waals surface area contributed by atoms with Gasteiger partial charge in [-0.05, 0) is 68.5 Å². The normalized spacial score (nSPS) is 18.7. The Morgan fingerprint density at radius 3 is 2.09 bits per heavy atom. The predicted molar refractivity (Wildman–Crippen MR) is 168 cm³/mol. The number of carbonyl (C=O) groups is 3. The first-order valence-corrected chi connectivity index (χ1v) is 17.8. The maximum Gasteiger partial charge on any atom is 0.321 e. The summed E-state index contributed by atoms with van der Waals surface area (Å²) in [7, 11) is -2.30. The molecule has 0 unspecified atom stereocenters. The number of amides is 4. The van der Waals surface area contributed by atoms with E-state index in [0.29, 0.717) is 29.1 Å². The molecular formula is C31H43N5O5S2. The van der Waals surface area contributed by atoms with Crippen LogP contribution in [0, 0.1) is 0 Å². The van der Waals surface area contributed by atoms with Gasteiger partial charge in [0.05, 0.1) is 10.5 Å². The number of nitrogens with zero attached hydrogens (tertiary/aromatic N) is 2. The van der Waals surface area contributed by atoms with Crippen molar-refractivity contribution in [1.82, 2.24) is 19.8 Å².